The van der Waals surface area contributed by atoms with E-state index in [2.05, 4.69) is 12.2 Å². The molecule has 1 atom stereocenters. The van der Waals surface area contributed by atoms with Gasteiger partial charge in [-0.15, -0.1) is 0 Å². The molecular weight excluding hydrogens is 353 g/mol. The third kappa shape index (κ3) is 12.9. The van der Waals surface area contributed by atoms with E-state index in [4.69, 9.17) is 0 Å². The number of rotatable bonds is 14. The second-order valence-corrected chi connectivity index (χ2v) is 6.91. The number of amides is 1. The van der Waals surface area contributed by atoms with Crippen molar-refractivity contribution in [3.05, 3.63) is 29.8 Å². The Kier molecular flexibility index (Phi) is 15.3. The minimum absolute atomic E-state index is 0. The Morgan fingerprint density at radius 2 is 1.48 bits per heavy atom. The minimum atomic E-state index is -1.04. The van der Waals surface area contributed by atoms with Gasteiger partial charge in [0, 0.05) is 12.8 Å². The van der Waals surface area contributed by atoms with Crippen LogP contribution in [0.2, 0.25) is 0 Å². The largest absolute Gasteiger partial charge is 1.00 e. The zero-order chi connectivity index (χ0) is 19.2. The summed E-state index contributed by atoms with van der Waals surface area (Å²) in [6.45, 7) is 2.21. The summed E-state index contributed by atoms with van der Waals surface area (Å²) in [7, 11) is 0. The maximum absolute atomic E-state index is 12.0. The molecule has 148 valence electrons. The van der Waals surface area contributed by atoms with Gasteiger partial charge in [-0.3, -0.25) is 4.79 Å². The predicted octanol–water partition coefficient (Wildman–Crippen LogP) is 1.54. The van der Waals surface area contributed by atoms with Crippen molar-refractivity contribution in [1.82, 2.24) is 5.32 Å². The summed E-state index contributed by atoms with van der Waals surface area (Å²) in [6, 6.07) is 5.41. The Hall–Kier alpha value is -1.04. The zero-order valence-electron chi connectivity index (χ0n) is 17.9. The van der Waals surface area contributed by atoms with Gasteiger partial charge in [0.2, 0.25) is 5.91 Å². The van der Waals surface area contributed by atoms with Crippen LogP contribution in [-0.4, -0.2) is 28.1 Å². The van der Waals surface area contributed by atoms with Crippen LogP contribution < -0.4 is 34.9 Å². The zero-order valence-corrected chi connectivity index (χ0v) is 18.9. The minimum Gasteiger partial charge on any atom is -1.00 e. The number of carbonyl (C=O) groups is 2. The summed E-state index contributed by atoms with van der Waals surface area (Å²) in [5, 5.41) is 21.2. The van der Waals surface area contributed by atoms with Crippen LogP contribution in [0.25, 0.3) is 0 Å². The van der Waals surface area contributed by atoms with Crippen LogP contribution in [-0.2, 0) is 16.0 Å². The van der Waals surface area contributed by atoms with Gasteiger partial charge in [-0.05, 0) is 24.1 Å². The van der Waals surface area contributed by atoms with Crippen LogP contribution >= 0.6 is 0 Å². The van der Waals surface area contributed by atoms with Gasteiger partial charge in [0.1, 0.15) is 11.8 Å². The fraction of sp³-hybridized carbons (Fsp3) is 0.619. The number of phenolic OH excluding ortho intramolecular Hbond substituents is 1. The van der Waals surface area contributed by atoms with Gasteiger partial charge in [-0.25, -0.2) is 4.79 Å². The number of carboxylic acid groups (broad SMARTS) is 1. The van der Waals surface area contributed by atoms with Crippen molar-refractivity contribution >= 4 is 11.9 Å². The van der Waals surface area contributed by atoms with E-state index < -0.39 is 12.0 Å². The molecule has 1 amide bonds. The summed E-state index contributed by atoms with van der Waals surface area (Å²) >= 11 is 0. The van der Waals surface area contributed by atoms with E-state index in [-0.39, 0.29) is 49.1 Å². The molecule has 0 aliphatic carbocycles. The van der Waals surface area contributed by atoms with Gasteiger partial charge < -0.3 is 17.0 Å². The molecule has 0 spiro atoms. The van der Waals surface area contributed by atoms with Gasteiger partial charge in [0.25, 0.3) is 0 Å². The number of carboxylic acids is 1. The molecule has 1 aromatic carbocycles. The second kappa shape index (κ2) is 16.0. The molecule has 0 aliphatic heterocycles. The smallest absolute Gasteiger partial charge is 1.00 e. The molecular formula is C21H34NNaO4. The normalized spacial score (nSPS) is 11.4. The van der Waals surface area contributed by atoms with Crippen LogP contribution in [0.3, 0.4) is 0 Å². The van der Waals surface area contributed by atoms with Crippen LogP contribution in [0.4, 0.5) is 0 Å². The first-order valence-corrected chi connectivity index (χ1v) is 9.83. The third-order valence-corrected chi connectivity index (χ3v) is 4.52. The third-order valence-electron chi connectivity index (χ3n) is 4.52. The Morgan fingerprint density at radius 1 is 0.963 bits per heavy atom. The predicted molar refractivity (Wildman–Crippen MR) is 104 cm³/mol. The molecule has 1 aromatic rings. The summed E-state index contributed by atoms with van der Waals surface area (Å²) in [5.74, 6) is -1.12. The van der Waals surface area contributed by atoms with Gasteiger partial charge >= 0.3 is 35.5 Å². The molecule has 1 rings (SSSR count). The summed E-state index contributed by atoms with van der Waals surface area (Å²) in [4.78, 5) is 23.4. The Bertz CT molecular complexity index is 540. The summed E-state index contributed by atoms with van der Waals surface area (Å²) in [6.07, 6.45) is 11.2. The molecule has 5 nitrogen and oxygen atoms in total. The number of benzene rings is 1. The number of carbonyl (C=O) groups excluding carboxylic acids is 1. The van der Waals surface area contributed by atoms with Crippen molar-refractivity contribution in [1.29, 1.82) is 0 Å². The van der Waals surface area contributed by atoms with Crippen LogP contribution in [0.1, 0.15) is 78.1 Å². The van der Waals surface area contributed by atoms with Crippen molar-refractivity contribution in [2.75, 3.05) is 0 Å². The molecule has 0 aliphatic rings. The molecule has 1 unspecified atom stereocenters. The molecule has 0 saturated carbocycles. The molecule has 6 heteroatoms. The molecule has 0 radical (unpaired) electrons. The molecule has 0 bridgehead atoms. The first-order chi connectivity index (χ1) is 12.5. The van der Waals surface area contributed by atoms with Crippen LogP contribution in [0.15, 0.2) is 24.3 Å². The SMILES string of the molecule is CCCCCCCCCCCC(=O)NC(Cc1ccc(O)cc1)C(=O)O.[H-].[Na+]. The quantitative estimate of drug-likeness (QED) is 0.334. The topological polar surface area (TPSA) is 86.6 Å². The fourth-order valence-corrected chi connectivity index (χ4v) is 2.93. The van der Waals surface area contributed by atoms with Gasteiger partial charge in [-0.2, -0.15) is 0 Å². The van der Waals surface area contributed by atoms with Crippen molar-refractivity contribution in [2.45, 2.75) is 83.6 Å². The van der Waals surface area contributed by atoms with Gasteiger partial charge in [0.05, 0.1) is 0 Å². The Balaban J connectivity index is 0. The Labute approximate surface area is 186 Å². The number of phenols is 1. The molecule has 0 aromatic heterocycles. The van der Waals surface area contributed by atoms with E-state index in [9.17, 15) is 19.8 Å². The number of hydrogen-bond acceptors (Lipinski definition) is 3. The van der Waals surface area contributed by atoms with Crippen LogP contribution in [0.5, 0.6) is 5.75 Å². The molecule has 0 heterocycles. The van der Waals surface area contributed by atoms with Crippen LogP contribution in [0, 0.1) is 0 Å². The van der Waals surface area contributed by atoms with E-state index in [0.717, 1.165) is 24.8 Å². The maximum atomic E-state index is 12.0. The standard InChI is InChI=1S/C21H33NO4.Na.H/c1-2-3-4-5-6-7-8-9-10-11-20(24)22-19(21(25)26)16-17-12-14-18(23)15-13-17;;/h12-15,19,23H,2-11,16H2,1H3,(H,22,24)(H,25,26);;/q;+1;-1. The number of aliphatic carboxylic acids is 1. The fourth-order valence-electron chi connectivity index (χ4n) is 2.93. The average Bonchev–Trinajstić information content (AvgIpc) is 2.61. The van der Waals surface area contributed by atoms with Crippen molar-refractivity contribution < 1.29 is 50.8 Å². The molecule has 0 fully saturated rings. The van der Waals surface area contributed by atoms with E-state index in [0.29, 0.717) is 6.42 Å². The number of hydrogen-bond donors (Lipinski definition) is 3. The van der Waals surface area contributed by atoms with Crippen molar-refractivity contribution in [2.24, 2.45) is 0 Å². The monoisotopic (exact) mass is 387 g/mol. The van der Waals surface area contributed by atoms with Gasteiger partial charge in [-0.1, -0.05) is 70.4 Å². The van der Waals surface area contributed by atoms with Crippen molar-refractivity contribution in [3.8, 4) is 5.75 Å². The molecule has 3 N–H and O–H groups in total. The molecule has 27 heavy (non-hydrogen) atoms. The van der Waals surface area contributed by atoms with Gasteiger partial charge in [0.15, 0.2) is 0 Å². The molecule has 0 saturated heterocycles. The summed E-state index contributed by atoms with van der Waals surface area (Å²) in [5.41, 5.74) is 0.763. The first-order valence-electron chi connectivity index (χ1n) is 9.83. The first kappa shape index (κ1) is 26.0. The van der Waals surface area contributed by atoms with E-state index in [1.165, 1.54) is 50.7 Å². The Morgan fingerprint density at radius 3 is 2.00 bits per heavy atom. The average molecular weight is 387 g/mol. The second-order valence-electron chi connectivity index (χ2n) is 6.91. The number of unbranched alkanes of at least 4 members (excludes halogenated alkanes) is 8. The maximum Gasteiger partial charge on any atom is 1.00 e. The van der Waals surface area contributed by atoms with Crippen molar-refractivity contribution in [3.63, 3.8) is 0 Å². The number of aromatic hydroxyl groups is 1. The van der Waals surface area contributed by atoms with E-state index in [1.54, 1.807) is 12.1 Å². The number of nitrogens with one attached hydrogen (secondary N) is 1. The summed E-state index contributed by atoms with van der Waals surface area (Å²) < 4.78 is 0. The van der Waals surface area contributed by atoms with E-state index in [1.807, 2.05) is 0 Å². The van der Waals surface area contributed by atoms with E-state index >= 15 is 0 Å².